The molecule has 0 spiro atoms. The van der Waals surface area contributed by atoms with E-state index in [1.165, 1.54) is 0 Å². The fourth-order valence-corrected chi connectivity index (χ4v) is 1.53. The third-order valence-corrected chi connectivity index (χ3v) is 2.18. The van der Waals surface area contributed by atoms with Gasteiger partial charge in [-0.1, -0.05) is 30.3 Å². The average Bonchev–Trinajstić information content (AvgIpc) is 2.19. The molecule has 0 aliphatic carbocycles. The number of ether oxygens (including phenoxy) is 1. The second-order valence-corrected chi connectivity index (χ2v) is 4.46. The van der Waals surface area contributed by atoms with E-state index < -0.39 is 10.0 Å². The highest BCUT2D eigenvalue weighted by Gasteiger charge is 2.02. The molecular weight excluding hydrogens is 230 g/mol. The smallest absolute Gasteiger partial charge is 0.293 e. The Morgan fingerprint density at radius 2 is 1.88 bits per heavy atom. The predicted octanol–water partition coefficient (Wildman–Crippen LogP) is 0.654. The molecule has 0 heterocycles. The summed E-state index contributed by atoms with van der Waals surface area (Å²) in [6.07, 6.45) is 0. The quantitative estimate of drug-likeness (QED) is 0.789. The Balaban J connectivity index is 0.000000385. The molecule has 1 aromatic rings. The lowest BCUT2D eigenvalue weighted by Gasteiger charge is -1.96. The summed E-state index contributed by atoms with van der Waals surface area (Å²) in [7, 11) is -3.38. The van der Waals surface area contributed by atoms with Gasteiger partial charge in [0, 0.05) is 0 Å². The maximum absolute atomic E-state index is 10.6. The van der Waals surface area contributed by atoms with Crippen LogP contribution in [0.25, 0.3) is 0 Å². The Bertz CT molecular complexity index is 389. The van der Waals surface area contributed by atoms with E-state index in [1.807, 2.05) is 6.07 Å². The first-order chi connectivity index (χ1) is 7.49. The summed E-state index contributed by atoms with van der Waals surface area (Å²) in [5.41, 5.74) is 0.718. The van der Waals surface area contributed by atoms with Gasteiger partial charge < -0.3 is 4.74 Å². The third-order valence-electron chi connectivity index (χ3n) is 1.45. The van der Waals surface area contributed by atoms with Crippen molar-refractivity contribution < 1.29 is 17.9 Å². The van der Waals surface area contributed by atoms with Gasteiger partial charge in [-0.15, -0.1) is 0 Å². The van der Waals surface area contributed by atoms with E-state index in [2.05, 4.69) is 4.74 Å². The van der Waals surface area contributed by atoms with Crippen molar-refractivity contribution in [3.05, 3.63) is 35.9 Å². The van der Waals surface area contributed by atoms with E-state index in [1.54, 1.807) is 31.2 Å². The van der Waals surface area contributed by atoms with E-state index in [0.717, 1.165) is 5.56 Å². The molecule has 5 nitrogen and oxygen atoms in total. The predicted molar refractivity (Wildman–Crippen MR) is 60.9 cm³/mol. The fourth-order valence-electron chi connectivity index (χ4n) is 0.875. The summed E-state index contributed by atoms with van der Waals surface area (Å²) in [6.45, 7) is 2.66. The van der Waals surface area contributed by atoms with Crippen LogP contribution in [-0.4, -0.2) is 21.5 Å². The van der Waals surface area contributed by atoms with Crippen LogP contribution in [0.15, 0.2) is 30.3 Å². The molecule has 0 aliphatic rings. The van der Waals surface area contributed by atoms with Crippen molar-refractivity contribution in [3.63, 3.8) is 0 Å². The van der Waals surface area contributed by atoms with Crippen LogP contribution in [-0.2, 0) is 25.3 Å². The molecule has 0 amide bonds. The van der Waals surface area contributed by atoms with Gasteiger partial charge >= 0.3 is 0 Å². The molecule has 0 saturated carbocycles. The van der Waals surface area contributed by atoms with Crippen LogP contribution in [0.3, 0.4) is 0 Å². The lowest BCUT2D eigenvalue weighted by molar-refractivity contribution is -0.128. The molecule has 0 bridgehead atoms. The summed E-state index contributed by atoms with van der Waals surface area (Å²) in [5, 5.41) is 4.84. The second kappa shape index (κ2) is 7.84. The van der Waals surface area contributed by atoms with Crippen molar-refractivity contribution in [2.24, 2.45) is 5.14 Å². The van der Waals surface area contributed by atoms with Crippen molar-refractivity contribution in [1.29, 1.82) is 0 Å². The van der Waals surface area contributed by atoms with Gasteiger partial charge in [0.25, 0.3) is 6.47 Å². The van der Waals surface area contributed by atoms with Gasteiger partial charge in [0.15, 0.2) is 0 Å². The molecule has 90 valence electrons. The number of carbonyl (C=O) groups is 1. The molecule has 0 unspecified atom stereocenters. The zero-order valence-electron chi connectivity index (χ0n) is 9.00. The molecule has 0 saturated heterocycles. The Morgan fingerprint density at radius 1 is 1.31 bits per heavy atom. The lowest BCUT2D eigenvalue weighted by atomic mass is 10.2. The molecular formula is C10H15NO4S. The van der Waals surface area contributed by atoms with E-state index in [0.29, 0.717) is 13.1 Å². The maximum atomic E-state index is 10.6. The number of hydrogen-bond donors (Lipinski definition) is 1. The van der Waals surface area contributed by atoms with Crippen LogP contribution in [0.2, 0.25) is 0 Å². The molecule has 2 N–H and O–H groups in total. The minimum absolute atomic E-state index is 0.0894. The standard InChI is InChI=1S/C7H9NO2S.C3H6O2/c8-11(9,10)6-7-4-2-1-3-5-7;1-2-5-3-4/h1-5H,6H2,(H2,8,9,10);3H,2H2,1H3. The number of sulfonamides is 1. The van der Waals surface area contributed by atoms with Crippen molar-refractivity contribution >= 4 is 16.5 Å². The van der Waals surface area contributed by atoms with E-state index >= 15 is 0 Å². The number of rotatable bonds is 4. The van der Waals surface area contributed by atoms with Crippen molar-refractivity contribution in [3.8, 4) is 0 Å². The van der Waals surface area contributed by atoms with Crippen molar-refractivity contribution in [2.75, 3.05) is 6.61 Å². The molecule has 0 aliphatic heterocycles. The van der Waals surface area contributed by atoms with Crippen LogP contribution >= 0.6 is 0 Å². The highest BCUT2D eigenvalue weighted by Crippen LogP contribution is 2.01. The number of hydrogen-bond acceptors (Lipinski definition) is 4. The lowest BCUT2D eigenvalue weighted by Crippen LogP contribution is -2.14. The molecule has 6 heteroatoms. The molecule has 16 heavy (non-hydrogen) atoms. The molecule has 0 aromatic heterocycles. The number of primary sulfonamides is 1. The molecule has 0 atom stereocenters. The first-order valence-electron chi connectivity index (χ1n) is 4.59. The van der Waals surface area contributed by atoms with Crippen LogP contribution in [0.4, 0.5) is 0 Å². The second-order valence-electron chi connectivity index (χ2n) is 2.84. The molecule has 0 fully saturated rings. The van der Waals surface area contributed by atoms with Crippen LogP contribution in [0.1, 0.15) is 12.5 Å². The average molecular weight is 245 g/mol. The van der Waals surface area contributed by atoms with Crippen LogP contribution in [0.5, 0.6) is 0 Å². The molecule has 1 rings (SSSR count). The SMILES string of the molecule is CCOC=O.NS(=O)(=O)Cc1ccccc1. The number of nitrogens with two attached hydrogens (primary N) is 1. The monoisotopic (exact) mass is 245 g/mol. The fraction of sp³-hybridized carbons (Fsp3) is 0.300. The van der Waals surface area contributed by atoms with E-state index in [9.17, 15) is 13.2 Å². The number of benzene rings is 1. The first kappa shape index (κ1) is 14.6. The summed E-state index contributed by atoms with van der Waals surface area (Å²) in [4.78, 5) is 9.18. The Morgan fingerprint density at radius 3 is 2.19 bits per heavy atom. The highest BCUT2D eigenvalue weighted by atomic mass is 32.2. The topological polar surface area (TPSA) is 86.5 Å². The zero-order valence-corrected chi connectivity index (χ0v) is 9.81. The van der Waals surface area contributed by atoms with Gasteiger partial charge in [-0.05, 0) is 12.5 Å². The van der Waals surface area contributed by atoms with Gasteiger partial charge in [0.05, 0.1) is 12.4 Å². The zero-order chi connectivity index (χ0) is 12.4. The normalized spacial score (nSPS) is 9.88. The molecule has 0 radical (unpaired) electrons. The van der Waals surface area contributed by atoms with Crippen molar-refractivity contribution in [2.45, 2.75) is 12.7 Å². The summed E-state index contributed by atoms with van der Waals surface area (Å²) in [5.74, 6) is -0.0894. The van der Waals surface area contributed by atoms with Crippen LogP contribution < -0.4 is 5.14 Å². The first-order valence-corrected chi connectivity index (χ1v) is 6.30. The Hall–Kier alpha value is -1.40. The minimum Gasteiger partial charge on any atom is -0.468 e. The summed E-state index contributed by atoms with van der Waals surface area (Å²) >= 11 is 0. The van der Waals surface area contributed by atoms with Gasteiger partial charge in [0.2, 0.25) is 10.0 Å². The Labute approximate surface area is 95.3 Å². The third kappa shape index (κ3) is 9.17. The van der Waals surface area contributed by atoms with E-state index in [-0.39, 0.29) is 5.75 Å². The Kier molecular flexibility index (Phi) is 7.15. The summed E-state index contributed by atoms with van der Waals surface area (Å²) in [6, 6.07) is 8.84. The van der Waals surface area contributed by atoms with Gasteiger partial charge in [0.1, 0.15) is 0 Å². The minimum atomic E-state index is -3.38. The van der Waals surface area contributed by atoms with Gasteiger partial charge in [-0.3, -0.25) is 4.79 Å². The maximum Gasteiger partial charge on any atom is 0.293 e. The highest BCUT2D eigenvalue weighted by molar-refractivity contribution is 7.88. The number of carbonyl (C=O) groups excluding carboxylic acids is 1. The van der Waals surface area contributed by atoms with Crippen molar-refractivity contribution in [1.82, 2.24) is 0 Å². The van der Waals surface area contributed by atoms with E-state index in [4.69, 9.17) is 5.14 Å². The largest absolute Gasteiger partial charge is 0.468 e. The van der Waals surface area contributed by atoms with Gasteiger partial charge in [-0.25, -0.2) is 13.6 Å². The summed E-state index contributed by atoms with van der Waals surface area (Å²) < 4.78 is 25.3. The van der Waals surface area contributed by atoms with Crippen LogP contribution in [0, 0.1) is 0 Å². The van der Waals surface area contributed by atoms with Gasteiger partial charge in [-0.2, -0.15) is 0 Å². The molecule has 1 aromatic carbocycles.